The van der Waals surface area contributed by atoms with Crippen LogP contribution in [0.2, 0.25) is 0 Å². The lowest BCUT2D eigenvalue weighted by Crippen LogP contribution is -2.33. The van der Waals surface area contributed by atoms with Gasteiger partial charge in [-0.1, -0.05) is 30.3 Å². The van der Waals surface area contributed by atoms with Crippen molar-refractivity contribution in [2.45, 2.75) is 25.8 Å². The van der Waals surface area contributed by atoms with Gasteiger partial charge in [0.1, 0.15) is 5.82 Å². The smallest absolute Gasteiger partial charge is 0.320 e. The number of hydrogen-bond acceptors (Lipinski definition) is 5. The van der Waals surface area contributed by atoms with Crippen molar-refractivity contribution < 1.29 is 4.79 Å². The number of carbonyl (C=O) groups excluding carboxylic acids is 1. The highest BCUT2D eigenvalue weighted by Crippen LogP contribution is 2.28. The molecule has 1 saturated heterocycles. The van der Waals surface area contributed by atoms with Crippen LogP contribution in [0.1, 0.15) is 31.4 Å². The van der Waals surface area contributed by atoms with Gasteiger partial charge >= 0.3 is 6.03 Å². The standard InChI is InChI=1S/C21H23N7O/c1-14(16-5-3-2-4-6-16)24-21(29)25-19-11-18-17(13-23-19)20(27-26-18)28-9-7-15(12-22)8-10-28/h2-6,11,13-15H,7-10H2,1H3,(H,26,27)(H2,23,24,25,29). The summed E-state index contributed by atoms with van der Waals surface area (Å²) in [5, 5.41) is 23.1. The molecule has 3 aromatic rings. The molecule has 2 amide bonds. The lowest BCUT2D eigenvalue weighted by atomic mass is 9.98. The average Bonchev–Trinajstić information content (AvgIpc) is 3.17. The Morgan fingerprint density at radius 2 is 2.07 bits per heavy atom. The number of aromatic amines is 1. The summed E-state index contributed by atoms with van der Waals surface area (Å²) in [6.07, 6.45) is 3.41. The van der Waals surface area contributed by atoms with Crippen molar-refractivity contribution in [3.8, 4) is 6.07 Å². The Morgan fingerprint density at radius 3 is 2.79 bits per heavy atom. The van der Waals surface area contributed by atoms with Gasteiger partial charge in [0.2, 0.25) is 0 Å². The van der Waals surface area contributed by atoms with Crippen molar-refractivity contribution in [2.75, 3.05) is 23.3 Å². The number of pyridine rings is 1. The van der Waals surface area contributed by atoms with Gasteiger partial charge in [0.15, 0.2) is 5.82 Å². The molecular weight excluding hydrogens is 366 g/mol. The minimum atomic E-state index is -0.313. The highest BCUT2D eigenvalue weighted by Gasteiger charge is 2.22. The summed E-state index contributed by atoms with van der Waals surface area (Å²) in [4.78, 5) is 18.9. The van der Waals surface area contributed by atoms with Crippen molar-refractivity contribution in [1.82, 2.24) is 20.5 Å². The molecule has 0 aliphatic carbocycles. The van der Waals surface area contributed by atoms with Gasteiger partial charge in [-0.15, -0.1) is 0 Å². The molecular formula is C21H23N7O. The fourth-order valence-electron chi connectivity index (χ4n) is 3.60. The quantitative estimate of drug-likeness (QED) is 0.632. The summed E-state index contributed by atoms with van der Waals surface area (Å²) in [5.41, 5.74) is 1.84. The minimum absolute atomic E-state index is 0.116. The molecule has 1 aliphatic rings. The highest BCUT2D eigenvalue weighted by molar-refractivity contribution is 5.94. The summed E-state index contributed by atoms with van der Waals surface area (Å²) < 4.78 is 0. The summed E-state index contributed by atoms with van der Waals surface area (Å²) in [5.74, 6) is 1.42. The van der Waals surface area contributed by atoms with E-state index in [4.69, 9.17) is 5.26 Å². The summed E-state index contributed by atoms with van der Waals surface area (Å²) in [6.45, 7) is 3.54. The van der Waals surface area contributed by atoms with Crippen molar-refractivity contribution >= 4 is 28.6 Å². The van der Waals surface area contributed by atoms with E-state index in [1.54, 1.807) is 12.3 Å². The average molecular weight is 389 g/mol. The first kappa shape index (κ1) is 18.7. The summed E-state index contributed by atoms with van der Waals surface area (Å²) >= 11 is 0. The number of hydrogen-bond donors (Lipinski definition) is 3. The van der Waals surface area contributed by atoms with Gasteiger partial charge < -0.3 is 10.2 Å². The normalized spacial score (nSPS) is 15.7. The van der Waals surface area contributed by atoms with Gasteiger partial charge in [-0.05, 0) is 25.3 Å². The lowest BCUT2D eigenvalue weighted by Gasteiger charge is -2.29. The number of benzene rings is 1. The molecule has 0 bridgehead atoms. The van der Waals surface area contributed by atoms with Crippen LogP contribution in [-0.2, 0) is 0 Å². The second-order valence-corrected chi connectivity index (χ2v) is 7.28. The number of rotatable bonds is 4. The summed E-state index contributed by atoms with van der Waals surface area (Å²) in [7, 11) is 0. The zero-order chi connectivity index (χ0) is 20.2. The number of nitrogens with zero attached hydrogens (tertiary/aromatic N) is 4. The molecule has 4 rings (SSSR count). The van der Waals surface area contributed by atoms with Gasteiger partial charge in [0, 0.05) is 31.3 Å². The number of H-pyrrole nitrogens is 1. The molecule has 2 aromatic heterocycles. The van der Waals surface area contributed by atoms with Crippen LogP contribution in [0.3, 0.4) is 0 Å². The third-order valence-electron chi connectivity index (χ3n) is 5.29. The van der Waals surface area contributed by atoms with E-state index in [1.165, 1.54) is 0 Å². The van der Waals surface area contributed by atoms with Crippen LogP contribution in [0.4, 0.5) is 16.4 Å². The zero-order valence-electron chi connectivity index (χ0n) is 16.2. The zero-order valence-corrected chi connectivity index (χ0v) is 16.2. The maximum atomic E-state index is 12.3. The number of anilines is 2. The second kappa shape index (κ2) is 8.19. The van der Waals surface area contributed by atoms with E-state index >= 15 is 0 Å². The molecule has 3 heterocycles. The molecule has 1 atom stereocenters. The monoisotopic (exact) mass is 389 g/mol. The van der Waals surface area contributed by atoms with Crippen LogP contribution < -0.4 is 15.5 Å². The molecule has 1 aliphatic heterocycles. The number of carbonyl (C=O) groups is 1. The lowest BCUT2D eigenvalue weighted by molar-refractivity contribution is 0.249. The SMILES string of the molecule is CC(NC(=O)Nc1cc2[nH]nc(N3CCC(C#N)CC3)c2cn1)c1ccccc1. The first-order valence-electron chi connectivity index (χ1n) is 9.75. The second-order valence-electron chi connectivity index (χ2n) is 7.28. The fourth-order valence-corrected chi connectivity index (χ4v) is 3.60. The Kier molecular flexibility index (Phi) is 5.29. The van der Waals surface area contributed by atoms with Crippen LogP contribution in [0.5, 0.6) is 0 Å². The summed E-state index contributed by atoms with van der Waals surface area (Å²) in [6, 6.07) is 13.5. The number of fused-ring (bicyclic) bond motifs is 1. The van der Waals surface area contributed by atoms with E-state index in [-0.39, 0.29) is 18.0 Å². The largest absolute Gasteiger partial charge is 0.355 e. The fraction of sp³-hybridized carbons (Fsp3) is 0.333. The van der Waals surface area contributed by atoms with Crippen molar-refractivity contribution in [3.05, 3.63) is 48.2 Å². The number of nitrogens with one attached hydrogen (secondary N) is 3. The van der Waals surface area contributed by atoms with E-state index in [1.807, 2.05) is 37.3 Å². The molecule has 3 N–H and O–H groups in total. The predicted molar refractivity (Wildman–Crippen MR) is 111 cm³/mol. The Balaban J connectivity index is 1.42. The number of nitriles is 1. The van der Waals surface area contributed by atoms with Crippen molar-refractivity contribution in [2.24, 2.45) is 5.92 Å². The van der Waals surface area contributed by atoms with Gasteiger partial charge in [0.25, 0.3) is 0 Å². The third-order valence-corrected chi connectivity index (χ3v) is 5.29. The van der Waals surface area contributed by atoms with Gasteiger partial charge in [0.05, 0.1) is 23.0 Å². The first-order chi connectivity index (χ1) is 14.1. The van der Waals surface area contributed by atoms with Crippen molar-refractivity contribution in [3.63, 3.8) is 0 Å². The van der Waals surface area contributed by atoms with Crippen molar-refractivity contribution in [1.29, 1.82) is 5.26 Å². The molecule has 1 fully saturated rings. The molecule has 1 aromatic carbocycles. The first-order valence-corrected chi connectivity index (χ1v) is 9.75. The van der Waals surface area contributed by atoms with E-state index < -0.39 is 0 Å². The number of amides is 2. The van der Waals surface area contributed by atoms with E-state index in [2.05, 4.69) is 36.8 Å². The number of piperidine rings is 1. The topological polar surface area (TPSA) is 110 Å². The van der Waals surface area contributed by atoms with Gasteiger partial charge in [-0.3, -0.25) is 10.4 Å². The van der Waals surface area contributed by atoms with Gasteiger partial charge in [-0.25, -0.2) is 9.78 Å². The molecule has 8 heteroatoms. The van der Waals surface area contributed by atoms with Crippen LogP contribution in [0.25, 0.3) is 10.9 Å². The van der Waals surface area contributed by atoms with E-state index in [0.717, 1.165) is 48.2 Å². The maximum absolute atomic E-state index is 12.3. The maximum Gasteiger partial charge on any atom is 0.320 e. The Bertz CT molecular complexity index is 1030. The van der Waals surface area contributed by atoms with E-state index in [9.17, 15) is 4.79 Å². The van der Waals surface area contributed by atoms with Crippen LogP contribution in [-0.4, -0.2) is 34.3 Å². The van der Waals surface area contributed by atoms with Gasteiger partial charge in [-0.2, -0.15) is 10.4 Å². The van der Waals surface area contributed by atoms with Crippen LogP contribution in [0.15, 0.2) is 42.6 Å². The van der Waals surface area contributed by atoms with Crippen LogP contribution in [0, 0.1) is 17.2 Å². The third kappa shape index (κ3) is 4.14. The molecule has 1 unspecified atom stereocenters. The predicted octanol–water partition coefficient (Wildman–Crippen LogP) is 3.58. The molecule has 8 nitrogen and oxygen atoms in total. The van der Waals surface area contributed by atoms with E-state index in [0.29, 0.717) is 5.82 Å². The molecule has 29 heavy (non-hydrogen) atoms. The Labute approximate surface area is 168 Å². The highest BCUT2D eigenvalue weighted by atomic mass is 16.2. The molecule has 0 spiro atoms. The Morgan fingerprint density at radius 1 is 1.31 bits per heavy atom. The number of aromatic nitrogens is 3. The van der Waals surface area contributed by atoms with Crippen LogP contribution >= 0.6 is 0 Å². The molecule has 0 saturated carbocycles. The minimum Gasteiger partial charge on any atom is -0.355 e. The Hall–Kier alpha value is -3.60. The molecule has 148 valence electrons. The molecule has 0 radical (unpaired) electrons. The number of urea groups is 1.